The zero-order chi connectivity index (χ0) is 7.84. The maximum absolute atomic E-state index is 5.00. The van der Waals surface area contributed by atoms with Gasteiger partial charge in [-0.05, 0) is 34.1 Å². The fourth-order valence-electron chi connectivity index (χ4n) is 0.881. The molecule has 0 N–H and O–H groups in total. The van der Waals surface area contributed by atoms with E-state index in [1.165, 1.54) is 0 Å². The summed E-state index contributed by atoms with van der Waals surface area (Å²) < 4.78 is 6.75. The summed E-state index contributed by atoms with van der Waals surface area (Å²) in [6.45, 7) is 0. The predicted octanol–water partition coefficient (Wildman–Crippen LogP) is 3.35. The maximum Gasteiger partial charge on any atom is 0.169 e. The van der Waals surface area contributed by atoms with Crippen molar-refractivity contribution < 1.29 is 4.52 Å². The van der Waals surface area contributed by atoms with E-state index >= 15 is 0 Å². The Morgan fingerprint density at radius 3 is 2.91 bits per heavy atom. The SMILES string of the molecule is Brc1ccc2c(Br)noc2c1. The molecule has 0 aliphatic heterocycles. The van der Waals surface area contributed by atoms with Gasteiger partial charge < -0.3 is 4.52 Å². The van der Waals surface area contributed by atoms with Crippen molar-refractivity contribution >= 4 is 42.8 Å². The minimum atomic E-state index is 0.750. The summed E-state index contributed by atoms with van der Waals surface area (Å²) in [5, 5.41) is 4.75. The standard InChI is InChI=1S/C7H3Br2NO/c8-4-1-2-5-6(3-4)11-10-7(5)9/h1-3H. The van der Waals surface area contributed by atoms with E-state index in [1.54, 1.807) is 0 Å². The van der Waals surface area contributed by atoms with Crippen LogP contribution >= 0.6 is 31.9 Å². The Hall–Kier alpha value is -0.350. The smallest absolute Gasteiger partial charge is 0.169 e. The van der Waals surface area contributed by atoms with Crippen LogP contribution < -0.4 is 0 Å². The topological polar surface area (TPSA) is 26.0 Å². The molecule has 0 saturated carbocycles. The molecule has 2 aromatic rings. The lowest BCUT2D eigenvalue weighted by Gasteiger charge is -1.86. The lowest BCUT2D eigenvalue weighted by atomic mass is 10.3. The summed E-state index contributed by atoms with van der Waals surface area (Å²) in [6, 6.07) is 5.78. The van der Waals surface area contributed by atoms with Crippen molar-refractivity contribution in [3.8, 4) is 0 Å². The van der Waals surface area contributed by atoms with Crippen LogP contribution in [0.5, 0.6) is 0 Å². The van der Waals surface area contributed by atoms with Gasteiger partial charge in [-0.15, -0.1) is 0 Å². The van der Waals surface area contributed by atoms with Gasteiger partial charge in [-0.1, -0.05) is 21.1 Å². The number of halogens is 2. The first-order valence-corrected chi connectivity index (χ1v) is 4.56. The van der Waals surface area contributed by atoms with Gasteiger partial charge >= 0.3 is 0 Å². The van der Waals surface area contributed by atoms with Crippen molar-refractivity contribution in [2.24, 2.45) is 0 Å². The molecule has 0 bridgehead atoms. The van der Waals surface area contributed by atoms with Crippen LogP contribution in [0.15, 0.2) is 31.8 Å². The molecule has 0 unspecified atom stereocenters. The van der Waals surface area contributed by atoms with E-state index in [2.05, 4.69) is 37.0 Å². The van der Waals surface area contributed by atoms with E-state index < -0.39 is 0 Å². The van der Waals surface area contributed by atoms with Crippen molar-refractivity contribution in [2.45, 2.75) is 0 Å². The number of benzene rings is 1. The van der Waals surface area contributed by atoms with Crippen LogP contribution in [0.3, 0.4) is 0 Å². The molecule has 1 aromatic heterocycles. The first kappa shape index (κ1) is 7.31. The summed E-state index contributed by atoms with van der Waals surface area (Å²) in [7, 11) is 0. The molecule has 1 aromatic carbocycles. The van der Waals surface area contributed by atoms with E-state index in [-0.39, 0.29) is 0 Å². The van der Waals surface area contributed by atoms with Crippen molar-refractivity contribution in [3.05, 3.63) is 27.3 Å². The molecular weight excluding hydrogens is 274 g/mol. The quantitative estimate of drug-likeness (QED) is 0.738. The van der Waals surface area contributed by atoms with Crippen LogP contribution in [0.4, 0.5) is 0 Å². The number of hydrogen-bond acceptors (Lipinski definition) is 2. The van der Waals surface area contributed by atoms with E-state index in [0.717, 1.165) is 20.0 Å². The summed E-state index contributed by atoms with van der Waals surface area (Å²) in [6.07, 6.45) is 0. The lowest BCUT2D eigenvalue weighted by molar-refractivity contribution is 0.451. The fraction of sp³-hybridized carbons (Fsp3) is 0. The number of nitrogens with zero attached hydrogens (tertiary/aromatic N) is 1. The van der Waals surface area contributed by atoms with Gasteiger partial charge in [-0.2, -0.15) is 0 Å². The van der Waals surface area contributed by atoms with E-state index in [0.29, 0.717) is 0 Å². The zero-order valence-electron chi connectivity index (χ0n) is 5.34. The maximum atomic E-state index is 5.00. The Morgan fingerprint density at radius 1 is 1.27 bits per heavy atom. The first-order chi connectivity index (χ1) is 5.27. The molecule has 2 nitrogen and oxygen atoms in total. The Morgan fingerprint density at radius 2 is 2.09 bits per heavy atom. The normalized spacial score (nSPS) is 10.7. The molecule has 0 radical (unpaired) electrons. The molecule has 0 aliphatic carbocycles. The number of rotatable bonds is 0. The van der Waals surface area contributed by atoms with E-state index in [9.17, 15) is 0 Å². The van der Waals surface area contributed by atoms with Gasteiger partial charge in [0, 0.05) is 4.47 Å². The molecule has 0 atom stereocenters. The summed E-state index contributed by atoms with van der Waals surface area (Å²) in [5.74, 6) is 0. The minimum absolute atomic E-state index is 0.750. The highest BCUT2D eigenvalue weighted by Gasteiger charge is 2.03. The molecule has 56 valence electrons. The third-order valence-electron chi connectivity index (χ3n) is 1.39. The van der Waals surface area contributed by atoms with Crippen LogP contribution in [0, 0.1) is 0 Å². The third-order valence-corrected chi connectivity index (χ3v) is 2.46. The predicted molar refractivity (Wildman–Crippen MR) is 49.4 cm³/mol. The zero-order valence-corrected chi connectivity index (χ0v) is 8.52. The average Bonchev–Trinajstić information content (AvgIpc) is 2.32. The number of fused-ring (bicyclic) bond motifs is 1. The highest BCUT2D eigenvalue weighted by molar-refractivity contribution is 9.10. The molecule has 11 heavy (non-hydrogen) atoms. The average molecular weight is 277 g/mol. The Kier molecular flexibility index (Phi) is 1.73. The molecule has 0 spiro atoms. The second-order valence-electron chi connectivity index (χ2n) is 2.11. The van der Waals surface area contributed by atoms with Gasteiger partial charge in [0.25, 0.3) is 0 Å². The molecule has 0 fully saturated rings. The van der Waals surface area contributed by atoms with Crippen LogP contribution in [-0.4, -0.2) is 5.16 Å². The van der Waals surface area contributed by atoms with Gasteiger partial charge in [-0.3, -0.25) is 0 Å². The lowest BCUT2D eigenvalue weighted by Crippen LogP contribution is -1.64. The monoisotopic (exact) mass is 275 g/mol. The molecule has 2 rings (SSSR count). The van der Waals surface area contributed by atoms with E-state index in [4.69, 9.17) is 4.52 Å². The second-order valence-corrected chi connectivity index (χ2v) is 3.78. The van der Waals surface area contributed by atoms with Crippen LogP contribution in [0.1, 0.15) is 0 Å². The van der Waals surface area contributed by atoms with Crippen molar-refractivity contribution in [1.29, 1.82) is 0 Å². The van der Waals surface area contributed by atoms with Crippen molar-refractivity contribution in [2.75, 3.05) is 0 Å². The fourth-order valence-corrected chi connectivity index (χ4v) is 1.62. The van der Waals surface area contributed by atoms with Crippen LogP contribution in [0.25, 0.3) is 11.0 Å². The number of hydrogen-bond donors (Lipinski definition) is 0. The van der Waals surface area contributed by atoms with Crippen molar-refractivity contribution in [3.63, 3.8) is 0 Å². The Balaban J connectivity index is 2.86. The summed E-state index contributed by atoms with van der Waals surface area (Å²) in [5.41, 5.74) is 0.784. The van der Waals surface area contributed by atoms with E-state index in [1.807, 2.05) is 18.2 Å². The first-order valence-electron chi connectivity index (χ1n) is 2.98. The van der Waals surface area contributed by atoms with Crippen molar-refractivity contribution in [1.82, 2.24) is 5.16 Å². The molecular formula is C7H3Br2NO. The van der Waals surface area contributed by atoms with Gasteiger partial charge in [0.1, 0.15) is 0 Å². The second kappa shape index (κ2) is 2.60. The molecule has 0 aliphatic rings. The van der Waals surface area contributed by atoms with Gasteiger partial charge in [0.2, 0.25) is 0 Å². The third kappa shape index (κ3) is 1.20. The molecule has 4 heteroatoms. The highest BCUT2D eigenvalue weighted by Crippen LogP contribution is 2.25. The Bertz CT molecular complexity index is 396. The van der Waals surface area contributed by atoms with Crippen LogP contribution in [0.2, 0.25) is 0 Å². The Labute approximate surface area is 79.8 Å². The summed E-state index contributed by atoms with van der Waals surface area (Å²) >= 11 is 6.61. The molecule has 1 heterocycles. The highest BCUT2D eigenvalue weighted by atomic mass is 79.9. The number of aromatic nitrogens is 1. The molecule has 0 amide bonds. The molecule has 0 saturated heterocycles. The van der Waals surface area contributed by atoms with Gasteiger partial charge in [-0.25, -0.2) is 0 Å². The van der Waals surface area contributed by atoms with Crippen LogP contribution in [-0.2, 0) is 0 Å². The summed E-state index contributed by atoms with van der Waals surface area (Å²) in [4.78, 5) is 0. The largest absolute Gasteiger partial charge is 0.355 e. The van der Waals surface area contributed by atoms with Gasteiger partial charge in [0.05, 0.1) is 5.39 Å². The minimum Gasteiger partial charge on any atom is -0.355 e. The van der Waals surface area contributed by atoms with Gasteiger partial charge in [0.15, 0.2) is 10.2 Å².